The molecule has 0 atom stereocenters. The van der Waals surface area contributed by atoms with Crippen LogP contribution < -0.4 is 5.73 Å². The zero-order valence-electron chi connectivity index (χ0n) is 6.14. The Morgan fingerprint density at radius 3 is 2.00 bits per heavy atom. The van der Waals surface area contributed by atoms with Crippen molar-refractivity contribution < 1.29 is 4.79 Å². The molecule has 0 aliphatic rings. The van der Waals surface area contributed by atoms with Crippen molar-refractivity contribution in [2.75, 3.05) is 0 Å². The van der Waals surface area contributed by atoms with E-state index in [0.29, 0.717) is 0 Å². The quantitative estimate of drug-likeness (QED) is 0.526. The second kappa shape index (κ2) is 2.67. The summed E-state index contributed by atoms with van der Waals surface area (Å²) in [6.45, 7) is 6.02. The number of amides is 1. The predicted octanol–water partition coefficient (Wildman–Crippen LogP) is 1.07. The van der Waals surface area contributed by atoms with E-state index < -0.39 is 0 Å². The van der Waals surface area contributed by atoms with Gasteiger partial charge in [-0.2, -0.15) is 0 Å². The molecule has 0 heterocycles. The summed E-state index contributed by atoms with van der Waals surface area (Å²) >= 11 is 0. The van der Waals surface area contributed by atoms with Crippen LogP contribution in [0.1, 0.15) is 20.8 Å². The average Bonchev–Trinajstić information content (AvgIpc) is 1.59. The lowest BCUT2D eigenvalue weighted by molar-refractivity contribution is -0.113. The molecule has 0 saturated carbocycles. The van der Waals surface area contributed by atoms with Gasteiger partial charge in [0.05, 0.1) is 0 Å². The van der Waals surface area contributed by atoms with E-state index in [1.807, 2.05) is 20.8 Å². The monoisotopic (exact) mass is 127 g/mol. The van der Waals surface area contributed by atoms with Gasteiger partial charge in [0, 0.05) is 0 Å². The Hall–Kier alpha value is -0.790. The summed E-state index contributed by atoms with van der Waals surface area (Å²) < 4.78 is 0. The molecular formula is C7H13NO. The lowest BCUT2D eigenvalue weighted by Crippen LogP contribution is -2.08. The van der Waals surface area contributed by atoms with Crippen molar-refractivity contribution in [1.82, 2.24) is 0 Å². The van der Waals surface area contributed by atoms with Crippen LogP contribution in [-0.2, 0) is 4.79 Å². The molecule has 0 bridgehead atoms. The van der Waals surface area contributed by atoms with E-state index >= 15 is 0 Å². The molecule has 2 N–H and O–H groups in total. The fourth-order valence-electron chi connectivity index (χ4n) is 0.332. The number of hydrogen-bond acceptors (Lipinski definition) is 1. The van der Waals surface area contributed by atoms with Gasteiger partial charge >= 0.3 is 0 Å². The van der Waals surface area contributed by atoms with E-state index in [1.54, 1.807) is 6.08 Å². The largest absolute Gasteiger partial charge is 0.366 e. The van der Waals surface area contributed by atoms with Crippen molar-refractivity contribution in [3.63, 3.8) is 0 Å². The second-order valence-corrected chi connectivity index (χ2v) is 3.10. The maximum absolute atomic E-state index is 10.2. The smallest absolute Gasteiger partial charge is 0.241 e. The van der Waals surface area contributed by atoms with Gasteiger partial charge in [0.2, 0.25) is 5.91 Å². The molecule has 0 fully saturated rings. The minimum atomic E-state index is -0.384. The van der Waals surface area contributed by atoms with Crippen molar-refractivity contribution >= 4 is 5.91 Å². The Morgan fingerprint density at radius 2 is 1.89 bits per heavy atom. The Labute approximate surface area is 55.7 Å². The number of carbonyl (C=O) groups is 1. The average molecular weight is 127 g/mol. The topological polar surface area (TPSA) is 43.1 Å². The Morgan fingerprint density at radius 1 is 1.44 bits per heavy atom. The summed E-state index contributed by atoms with van der Waals surface area (Å²) in [7, 11) is 0. The number of rotatable bonds is 1. The minimum absolute atomic E-state index is 0.0506. The fraction of sp³-hybridized carbons (Fsp3) is 0.571. The summed E-state index contributed by atoms with van der Waals surface area (Å²) in [6, 6.07) is 0. The highest BCUT2D eigenvalue weighted by atomic mass is 16.1. The molecule has 0 aliphatic heterocycles. The van der Waals surface area contributed by atoms with E-state index in [2.05, 4.69) is 0 Å². The first-order valence-corrected chi connectivity index (χ1v) is 2.90. The van der Waals surface area contributed by atoms with Gasteiger partial charge in [-0.05, 0) is 11.5 Å². The number of hydrogen-bond donors (Lipinski definition) is 1. The van der Waals surface area contributed by atoms with Gasteiger partial charge in [-0.1, -0.05) is 26.8 Å². The third kappa shape index (κ3) is 7.21. The SMILES string of the molecule is CC(C)(C)/C=C/C(N)=O. The summed E-state index contributed by atoms with van der Waals surface area (Å²) in [5, 5.41) is 0. The molecular weight excluding hydrogens is 114 g/mol. The summed E-state index contributed by atoms with van der Waals surface area (Å²) in [4.78, 5) is 10.2. The van der Waals surface area contributed by atoms with Gasteiger partial charge in [-0.3, -0.25) is 4.79 Å². The molecule has 2 nitrogen and oxygen atoms in total. The zero-order chi connectivity index (χ0) is 7.49. The van der Waals surface area contributed by atoms with Crippen molar-refractivity contribution in [3.8, 4) is 0 Å². The first-order chi connectivity index (χ1) is 3.92. The number of carbonyl (C=O) groups excluding carboxylic acids is 1. The molecule has 0 rings (SSSR count). The molecule has 0 aromatic heterocycles. The van der Waals surface area contributed by atoms with Gasteiger partial charge in [-0.25, -0.2) is 0 Å². The molecule has 1 amide bonds. The van der Waals surface area contributed by atoms with E-state index in [0.717, 1.165) is 0 Å². The molecule has 0 aromatic carbocycles. The summed E-state index contributed by atoms with van der Waals surface area (Å²) in [5.41, 5.74) is 4.92. The van der Waals surface area contributed by atoms with E-state index in [1.165, 1.54) is 6.08 Å². The van der Waals surface area contributed by atoms with E-state index in [9.17, 15) is 4.79 Å². The van der Waals surface area contributed by atoms with Crippen LogP contribution in [0.5, 0.6) is 0 Å². The molecule has 0 unspecified atom stereocenters. The number of primary amides is 1. The molecule has 9 heavy (non-hydrogen) atoms. The minimum Gasteiger partial charge on any atom is -0.366 e. The molecule has 52 valence electrons. The standard InChI is InChI=1S/C7H13NO/c1-7(2,3)5-4-6(8)9/h4-5H,1-3H3,(H2,8,9)/b5-4+. The third-order valence-electron chi connectivity index (χ3n) is 0.748. The second-order valence-electron chi connectivity index (χ2n) is 3.10. The molecule has 0 saturated heterocycles. The van der Waals surface area contributed by atoms with Crippen molar-refractivity contribution in [2.24, 2.45) is 11.1 Å². The zero-order valence-corrected chi connectivity index (χ0v) is 6.14. The normalized spacial score (nSPS) is 12.3. The highest BCUT2D eigenvalue weighted by Crippen LogP contribution is 2.13. The highest BCUT2D eigenvalue weighted by Gasteiger charge is 2.03. The first kappa shape index (κ1) is 8.21. The molecule has 0 aliphatic carbocycles. The Kier molecular flexibility index (Phi) is 2.43. The molecule has 2 heteroatoms. The molecule has 0 radical (unpaired) electrons. The summed E-state index contributed by atoms with van der Waals surface area (Å²) in [5.74, 6) is -0.384. The third-order valence-corrected chi connectivity index (χ3v) is 0.748. The molecule has 0 aromatic rings. The van der Waals surface area contributed by atoms with Gasteiger partial charge in [-0.15, -0.1) is 0 Å². The van der Waals surface area contributed by atoms with Gasteiger partial charge in [0.15, 0.2) is 0 Å². The fourth-order valence-corrected chi connectivity index (χ4v) is 0.332. The highest BCUT2D eigenvalue weighted by molar-refractivity contribution is 5.85. The van der Waals surface area contributed by atoms with E-state index in [4.69, 9.17) is 5.73 Å². The Balaban J connectivity index is 3.86. The van der Waals surface area contributed by atoms with Crippen LogP contribution in [0, 0.1) is 5.41 Å². The first-order valence-electron chi connectivity index (χ1n) is 2.90. The number of nitrogens with two attached hydrogens (primary N) is 1. The van der Waals surface area contributed by atoms with Crippen LogP contribution in [-0.4, -0.2) is 5.91 Å². The van der Waals surface area contributed by atoms with Gasteiger partial charge in [0.25, 0.3) is 0 Å². The van der Waals surface area contributed by atoms with Crippen LogP contribution in [0.3, 0.4) is 0 Å². The van der Waals surface area contributed by atoms with Crippen LogP contribution in [0.15, 0.2) is 12.2 Å². The predicted molar refractivity (Wildman–Crippen MR) is 37.8 cm³/mol. The van der Waals surface area contributed by atoms with Crippen LogP contribution >= 0.6 is 0 Å². The van der Waals surface area contributed by atoms with Crippen molar-refractivity contribution in [1.29, 1.82) is 0 Å². The number of allylic oxidation sites excluding steroid dienone is 1. The lowest BCUT2D eigenvalue weighted by Gasteiger charge is -2.09. The van der Waals surface area contributed by atoms with Gasteiger partial charge in [0.1, 0.15) is 0 Å². The maximum atomic E-state index is 10.2. The van der Waals surface area contributed by atoms with Crippen molar-refractivity contribution in [3.05, 3.63) is 12.2 Å². The van der Waals surface area contributed by atoms with Gasteiger partial charge < -0.3 is 5.73 Å². The molecule has 0 spiro atoms. The Bertz CT molecular complexity index is 130. The maximum Gasteiger partial charge on any atom is 0.241 e. The lowest BCUT2D eigenvalue weighted by atomic mass is 9.96. The van der Waals surface area contributed by atoms with Crippen LogP contribution in [0.4, 0.5) is 0 Å². The summed E-state index contributed by atoms with van der Waals surface area (Å²) in [6.07, 6.45) is 3.18. The van der Waals surface area contributed by atoms with E-state index in [-0.39, 0.29) is 11.3 Å². The van der Waals surface area contributed by atoms with Crippen LogP contribution in [0.2, 0.25) is 0 Å². The van der Waals surface area contributed by atoms with Crippen LogP contribution in [0.25, 0.3) is 0 Å². The van der Waals surface area contributed by atoms with Crippen molar-refractivity contribution in [2.45, 2.75) is 20.8 Å².